The summed E-state index contributed by atoms with van der Waals surface area (Å²) in [6.45, 7) is 1.34. The lowest BCUT2D eigenvalue weighted by Crippen LogP contribution is -2.26. The third-order valence-electron chi connectivity index (χ3n) is 3.13. The molecule has 1 aromatic rings. The first-order valence-electron chi connectivity index (χ1n) is 6.41. The highest BCUT2D eigenvalue weighted by Gasteiger charge is 2.17. The summed E-state index contributed by atoms with van der Waals surface area (Å²) in [5, 5.41) is 1.30. The van der Waals surface area contributed by atoms with Crippen LogP contribution in [0.4, 0.5) is 0 Å². The number of ether oxygens (including phenoxy) is 3. The lowest BCUT2D eigenvalue weighted by Gasteiger charge is -2.23. The van der Waals surface area contributed by atoms with Crippen molar-refractivity contribution in [3.8, 4) is 11.5 Å². The van der Waals surface area contributed by atoms with Gasteiger partial charge in [-0.15, -0.1) is 0 Å². The Morgan fingerprint density at radius 1 is 1.42 bits per heavy atom. The van der Waals surface area contributed by atoms with Crippen LogP contribution < -0.4 is 9.47 Å². The van der Waals surface area contributed by atoms with E-state index in [1.807, 2.05) is 12.1 Å². The van der Waals surface area contributed by atoms with Gasteiger partial charge in [0.2, 0.25) is 0 Å². The fourth-order valence-electron chi connectivity index (χ4n) is 2.11. The first-order valence-corrected chi connectivity index (χ1v) is 7.91. The van der Waals surface area contributed by atoms with Crippen molar-refractivity contribution in [2.24, 2.45) is 0 Å². The molecule has 0 saturated carbocycles. The van der Waals surface area contributed by atoms with Crippen molar-refractivity contribution in [2.75, 3.05) is 20.3 Å². The van der Waals surface area contributed by atoms with Crippen LogP contribution in [-0.4, -0.2) is 26.4 Å². The maximum absolute atomic E-state index is 6.24. The molecule has 1 aliphatic rings. The van der Waals surface area contributed by atoms with Crippen molar-refractivity contribution in [2.45, 2.75) is 30.7 Å². The van der Waals surface area contributed by atoms with E-state index in [2.05, 4.69) is 15.9 Å². The Bertz CT molecular complexity index is 419. The van der Waals surface area contributed by atoms with Crippen molar-refractivity contribution in [1.29, 1.82) is 0 Å². The molecule has 0 aliphatic carbocycles. The number of benzene rings is 1. The molecule has 1 saturated heterocycles. The second-order valence-electron chi connectivity index (χ2n) is 4.54. The van der Waals surface area contributed by atoms with E-state index in [4.69, 9.17) is 25.8 Å². The Hall–Kier alpha value is -0.450. The maximum atomic E-state index is 6.24. The van der Waals surface area contributed by atoms with E-state index in [0.29, 0.717) is 23.1 Å². The van der Waals surface area contributed by atoms with Crippen LogP contribution in [0.5, 0.6) is 11.5 Å². The van der Waals surface area contributed by atoms with Crippen LogP contribution in [0.2, 0.25) is 5.02 Å². The van der Waals surface area contributed by atoms with E-state index >= 15 is 0 Å². The summed E-state index contributed by atoms with van der Waals surface area (Å²) in [7, 11) is 1.62. The molecule has 19 heavy (non-hydrogen) atoms. The highest BCUT2D eigenvalue weighted by molar-refractivity contribution is 9.08. The minimum atomic E-state index is 0.158. The average molecular weight is 350 g/mol. The third kappa shape index (κ3) is 4.01. The Morgan fingerprint density at radius 2 is 2.26 bits per heavy atom. The number of halogens is 2. The molecule has 0 radical (unpaired) electrons. The molecule has 0 N–H and O–H groups in total. The fourth-order valence-corrected chi connectivity index (χ4v) is 2.72. The van der Waals surface area contributed by atoms with Crippen LogP contribution in [0.3, 0.4) is 0 Å². The quantitative estimate of drug-likeness (QED) is 0.746. The molecule has 5 heteroatoms. The lowest BCUT2D eigenvalue weighted by atomic mass is 10.1. The predicted molar refractivity (Wildman–Crippen MR) is 79.7 cm³/mol. The van der Waals surface area contributed by atoms with Gasteiger partial charge in [-0.1, -0.05) is 27.5 Å². The van der Waals surface area contributed by atoms with Crippen LogP contribution in [0.15, 0.2) is 12.1 Å². The normalized spacial score (nSPS) is 19.2. The second-order valence-corrected chi connectivity index (χ2v) is 5.51. The molecular formula is C14H18BrClO3. The average Bonchev–Trinajstić information content (AvgIpc) is 2.46. The molecule has 0 amide bonds. The van der Waals surface area contributed by atoms with Gasteiger partial charge in [-0.3, -0.25) is 0 Å². The van der Waals surface area contributed by atoms with Gasteiger partial charge in [-0.2, -0.15) is 0 Å². The zero-order valence-electron chi connectivity index (χ0n) is 11.0. The van der Waals surface area contributed by atoms with Gasteiger partial charge in [-0.25, -0.2) is 0 Å². The third-order valence-corrected chi connectivity index (χ3v) is 4.06. The first kappa shape index (κ1) is 14.9. The summed E-state index contributed by atoms with van der Waals surface area (Å²) in [4.78, 5) is 0. The monoisotopic (exact) mass is 348 g/mol. The summed E-state index contributed by atoms with van der Waals surface area (Å²) in [5.74, 6) is 1.26. The topological polar surface area (TPSA) is 27.7 Å². The molecule has 3 nitrogen and oxygen atoms in total. The molecule has 2 rings (SSSR count). The van der Waals surface area contributed by atoms with Gasteiger partial charge in [0.05, 0.1) is 18.2 Å². The minimum absolute atomic E-state index is 0.158. The lowest BCUT2D eigenvalue weighted by molar-refractivity contribution is -0.0114. The summed E-state index contributed by atoms with van der Waals surface area (Å²) in [6.07, 6.45) is 3.53. The zero-order chi connectivity index (χ0) is 13.7. The fraction of sp³-hybridized carbons (Fsp3) is 0.571. The van der Waals surface area contributed by atoms with Crippen molar-refractivity contribution in [3.05, 3.63) is 22.7 Å². The van der Waals surface area contributed by atoms with E-state index in [-0.39, 0.29) is 6.10 Å². The van der Waals surface area contributed by atoms with E-state index in [0.717, 1.165) is 30.3 Å². The highest BCUT2D eigenvalue weighted by atomic mass is 79.9. The Labute approximate surface area is 127 Å². The summed E-state index contributed by atoms with van der Waals surface area (Å²) >= 11 is 9.65. The zero-order valence-corrected chi connectivity index (χ0v) is 13.3. The summed E-state index contributed by atoms with van der Waals surface area (Å²) in [5.41, 5.74) is 1.06. The largest absolute Gasteiger partial charge is 0.493 e. The van der Waals surface area contributed by atoms with Gasteiger partial charge >= 0.3 is 0 Å². The number of hydrogen-bond donors (Lipinski definition) is 0. The molecule has 1 fully saturated rings. The van der Waals surface area contributed by atoms with Crippen molar-refractivity contribution in [3.63, 3.8) is 0 Å². The van der Waals surface area contributed by atoms with E-state index in [1.165, 1.54) is 6.42 Å². The summed E-state index contributed by atoms with van der Waals surface area (Å²) in [6, 6.07) is 3.81. The Kier molecular flexibility index (Phi) is 5.79. The smallest absolute Gasteiger partial charge is 0.179 e. The van der Waals surface area contributed by atoms with E-state index in [9.17, 15) is 0 Å². The molecule has 1 unspecified atom stereocenters. The molecule has 1 atom stereocenters. The van der Waals surface area contributed by atoms with Gasteiger partial charge < -0.3 is 14.2 Å². The Morgan fingerprint density at radius 3 is 2.89 bits per heavy atom. The molecule has 106 valence electrons. The molecule has 0 spiro atoms. The van der Waals surface area contributed by atoms with Crippen LogP contribution in [0.25, 0.3) is 0 Å². The van der Waals surface area contributed by atoms with Gasteiger partial charge in [0.25, 0.3) is 0 Å². The number of hydrogen-bond acceptors (Lipinski definition) is 3. The maximum Gasteiger partial charge on any atom is 0.179 e. The summed E-state index contributed by atoms with van der Waals surface area (Å²) < 4.78 is 16.8. The van der Waals surface area contributed by atoms with E-state index in [1.54, 1.807) is 7.11 Å². The van der Waals surface area contributed by atoms with Gasteiger partial charge in [0.1, 0.15) is 6.61 Å². The van der Waals surface area contributed by atoms with Crippen LogP contribution >= 0.6 is 27.5 Å². The second kappa shape index (κ2) is 7.36. The van der Waals surface area contributed by atoms with Crippen molar-refractivity contribution >= 4 is 27.5 Å². The predicted octanol–water partition coefficient (Wildman–Crippen LogP) is 4.19. The van der Waals surface area contributed by atoms with Gasteiger partial charge in [-0.05, 0) is 37.0 Å². The van der Waals surface area contributed by atoms with Gasteiger partial charge in [0.15, 0.2) is 11.5 Å². The SMILES string of the molecule is COc1cc(CBr)cc(Cl)c1OCC1CCCCO1. The van der Waals surface area contributed by atoms with Gasteiger partial charge in [0, 0.05) is 11.9 Å². The first-order chi connectivity index (χ1) is 9.24. The number of methoxy groups -OCH3 is 1. The number of rotatable bonds is 5. The molecule has 1 heterocycles. The molecule has 1 aliphatic heterocycles. The van der Waals surface area contributed by atoms with Crippen molar-refractivity contribution < 1.29 is 14.2 Å². The molecule has 0 aromatic heterocycles. The number of alkyl halides is 1. The molecular weight excluding hydrogens is 332 g/mol. The van der Waals surface area contributed by atoms with Crippen LogP contribution in [0, 0.1) is 0 Å². The van der Waals surface area contributed by atoms with E-state index < -0.39 is 0 Å². The minimum Gasteiger partial charge on any atom is -0.493 e. The van der Waals surface area contributed by atoms with Crippen LogP contribution in [0.1, 0.15) is 24.8 Å². The standard InChI is InChI=1S/C14H18BrClO3/c1-17-13-7-10(8-15)6-12(16)14(13)19-9-11-4-2-3-5-18-11/h6-7,11H,2-5,8-9H2,1H3. The molecule has 0 bridgehead atoms. The highest BCUT2D eigenvalue weighted by Crippen LogP contribution is 2.37. The Balaban J connectivity index is 2.05. The van der Waals surface area contributed by atoms with Crippen molar-refractivity contribution in [1.82, 2.24) is 0 Å². The van der Waals surface area contributed by atoms with Crippen LogP contribution in [-0.2, 0) is 10.1 Å². The molecule has 1 aromatic carbocycles.